The Hall–Kier alpha value is -2.64. The van der Waals surface area contributed by atoms with Crippen LogP contribution in [0, 0.1) is 11.6 Å². The molecule has 2 aromatic carbocycles. The van der Waals surface area contributed by atoms with Gasteiger partial charge in [-0.2, -0.15) is 0 Å². The fraction of sp³-hybridized carbons (Fsp3) is 0.222. The lowest BCUT2D eigenvalue weighted by molar-refractivity contribution is 0.119. The first kappa shape index (κ1) is 17.2. The van der Waals surface area contributed by atoms with Gasteiger partial charge in [0.1, 0.15) is 17.5 Å². The summed E-state index contributed by atoms with van der Waals surface area (Å²) in [5.41, 5.74) is 0.226. The number of aromatic amines is 1. The number of aliphatic hydroxyl groups excluding tert-OH is 1. The molecule has 0 radical (unpaired) electrons. The second-order valence-electron chi connectivity index (χ2n) is 5.91. The number of aliphatic hydroxyl groups is 1. The Morgan fingerprint density at radius 1 is 1.24 bits per heavy atom. The van der Waals surface area contributed by atoms with E-state index in [2.05, 4.69) is 9.97 Å². The highest BCUT2D eigenvalue weighted by molar-refractivity contribution is 5.77. The zero-order chi connectivity index (χ0) is 18.0. The summed E-state index contributed by atoms with van der Waals surface area (Å²) in [5, 5.41) is 10.7. The van der Waals surface area contributed by atoms with E-state index >= 15 is 0 Å². The molecule has 7 heteroatoms. The second-order valence-corrected chi connectivity index (χ2v) is 5.91. The molecule has 1 aromatic heterocycles. The molecular weight excluding hydrogens is 328 g/mol. The highest BCUT2D eigenvalue weighted by Crippen LogP contribution is 2.19. The van der Waals surface area contributed by atoms with Crippen LogP contribution in [-0.4, -0.2) is 33.6 Å². The van der Waals surface area contributed by atoms with Crippen LogP contribution in [0.5, 0.6) is 0 Å². The molecule has 2 N–H and O–H groups in total. The number of likely N-dealkylation sites (N-methyl/N-ethyl adjacent to an activating group) is 1. The maximum Gasteiger partial charge on any atom is 0.258 e. The number of halogens is 2. The molecular formula is C18H17F2N3O2. The first-order valence-corrected chi connectivity index (χ1v) is 7.73. The second kappa shape index (κ2) is 7.08. The molecule has 3 aromatic rings. The molecule has 0 unspecified atom stereocenters. The average Bonchev–Trinajstić information content (AvgIpc) is 2.57. The Morgan fingerprint density at radius 3 is 2.80 bits per heavy atom. The van der Waals surface area contributed by atoms with Gasteiger partial charge in [0.15, 0.2) is 0 Å². The highest BCUT2D eigenvalue weighted by atomic mass is 19.1. The van der Waals surface area contributed by atoms with Crippen molar-refractivity contribution in [2.45, 2.75) is 12.6 Å². The summed E-state index contributed by atoms with van der Waals surface area (Å²) in [5.74, 6) is -0.851. The van der Waals surface area contributed by atoms with Crippen molar-refractivity contribution in [3.05, 3.63) is 75.8 Å². The van der Waals surface area contributed by atoms with Gasteiger partial charge < -0.3 is 10.1 Å². The van der Waals surface area contributed by atoms with Gasteiger partial charge in [0.2, 0.25) is 0 Å². The monoisotopic (exact) mass is 345 g/mol. The van der Waals surface area contributed by atoms with Crippen LogP contribution in [0.15, 0.2) is 47.3 Å². The van der Waals surface area contributed by atoms with Gasteiger partial charge in [0.25, 0.3) is 5.56 Å². The summed E-state index contributed by atoms with van der Waals surface area (Å²) < 4.78 is 27.0. The molecule has 1 atom stereocenters. The lowest BCUT2D eigenvalue weighted by atomic mass is 10.1. The van der Waals surface area contributed by atoms with E-state index in [0.717, 1.165) is 18.2 Å². The summed E-state index contributed by atoms with van der Waals surface area (Å²) >= 11 is 0. The number of hydrogen-bond donors (Lipinski definition) is 2. The number of nitrogens with one attached hydrogen (secondary N) is 1. The van der Waals surface area contributed by atoms with Gasteiger partial charge in [-0.05, 0) is 37.4 Å². The Labute approximate surface area is 142 Å². The van der Waals surface area contributed by atoms with Crippen molar-refractivity contribution in [1.29, 1.82) is 0 Å². The molecule has 3 rings (SSSR count). The van der Waals surface area contributed by atoms with E-state index in [4.69, 9.17) is 0 Å². The summed E-state index contributed by atoms with van der Waals surface area (Å²) in [4.78, 5) is 20.8. The zero-order valence-corrected chi connectivity index (χ0v) is 13.5. The average molecular weight is 345 g/mol. The summed E-state index contributed by atoms with van der Waals surface area (Å²) in [6.45, 7) is 0.297. The van der Waals surface area contributed by atoms with Crippen LogP contribution in [0.3, 0.4) is 0 Å². The van der Waals surface area contributed by atoms with Crippen molar-refractivity contribution < 1.29 is 13.9 Å². The van der Waals surface area contributed by atoms with Gasteiger partial charge >= 0.3 is 0 Å². The van der Waals surface area contributed by atoms with Crippen LogP contribution in [0.2, 0.25) is 0 Å². The largest absolute Gasteiger partial charge is 0.387 e. The number of H-pyrrole nitrogens is 1. The topological polar surface area (TPSA) is 69.2 Å². The molecule has 130 valence electrons. The molecule has 0 aliphatic rings. The molecule has 0 fully saturated rings. The summed E-state index contributed by atoms with van der Waals surface area (Å²) in [6.07, 6.45) is -1.20. The highest BCUT2D eigenvalue weighted by Gasteiger charge is 2.17. The van der Waals surface area contributed by atoms with Crippen molar-refractivity contribution in [1.82, 2.24) is 14.9 Å². The lowest BCUT2D eigenvalue weighted by Crippen LogP contribution is -2.27. The maximum atomic E-state index is 13.7. The van der Waals surface area contributed by atoms with Gasteiger partial charge in [-0.15, -0.1) is 0 Å². The minimum absolute atomic E-state index is 0.0525. The van der Waals surface area contributed by atoms with Crippen LogP contribution in [0.1, 0.15) is 17.5 Å². The number of benzene rings is 2. The predicted octanol–water partition coefficient (Wildman–Crippen LogP) is 2.37. The van der Waals surface area contributed by atoms with Crippen molar-refractivity contribution in [2.24, 2.45) is 0 Å². The quantitative estimate of drug-likeness (QED) is 0.745. The number of para-hydroxylation sites is 1. The Kier molecular flexibility index (Phi) is 4.87. The number of fused-ring (bicyclic) bond motifs is 1. The Morgan fingerprint density at radius 2 is 2.00 bits per heavy atom. The van der Waals surface area contributed by atoms with E-state index in [1.165, 1.54) is 0 Å². The van der Waals surface area contributed by atoms with E-state index in [-0.39, 0.29) is 24.2 Å². The normalized spacial score (nSPS) is 12.7. The van der Waals surface area contributed by atoms with Crippen molar-refractivity contribution in [3.63, 3.8) is 0 Å². The number of aromatic nitrogens is 2. The van der Waals surface area contributed by atoms with E-state index in [0.29, 0.717) is 16.7 Å². The van der Waals surface area contributed by atoms with Crippen LogP contribution in [0.25, 0.3) is 10.9 Å². The zero-order valence-electron chi connectivity index (χ0n) is 13.5. The number of hydrogen-bond acceptors (Lipinski definition) is 4. The first-order chi connectivity index (χ1) is 11.9. The minimum atomic E-state index is -1.20. The van der Waals surface area contributed by atoms with E-state index in [1.54, 1.807) is 36.2 Å². The van der Waals surface area contributed by atoms with Gasteiger partial charge in [-0.3, -0.25) is 9.69 Å². The van der Waals surface area contributed by atoms with Crippen LogP contribution < -0.4 is 5.56 Å². The lowest BCUT2D eigenvalue weighted by Gasteiger charge is -2.20. The molecule has 5 nitrogen and oxygen atoms in total. The summed E-state index contributed by atoms with van der Waals surface area (Å²) in [7, 11) is 1.69. The standard InChI is InChI=1S/C18H17F2N3O2/c1-23(9-16(24)13-8-11(19)6-7-14(13)20)10-17-21-15-5-3-2-4-12(15)18(25)22-17/h2-8,16,24H,9-10H2,1H3,(H,21,22,25)/t16-/m1/s1. The molecule has 25 heavy (non-hydrogen) atoms. The van der Waals surface area contributed by atoms with E-state index < -0.39 is 17.7 Å². The maximum absolute atomic E-state index is 13.7. The Balaban J connectivity index is 1.75. The van der Waals surface area contributed by atoms with Crippen LogP contribution in [-0.2, 0) is 6.54 Å². The minimum Gasteiger partial charge on any atom is -0.387 e. The third-order valence-corrected chi connectivity index (χ3v) is 3.88. The predicted molar refractivity (Wildman–Crippen MR) is 90.0 cm³/mol. The molecule has 0 amide bonds. The van der Waals surface area contributed by atoms with Crippen molar-refractivity contribution in [3.8, 4) is 0 Å². The van der Waals surface area contributed by atoms with Gasteiger partial charge in [-0.1, -0.05) is 12.1 Å². The first-order valence-electron chi connectivity index (χ1n) is 7.73. The van der Waals surface area contributed by atoms with Crippen LogP contribution >= 0.6 is 0 Å². The van der Waals surface area contributed by atoms with Gasteiger partial charge in [0, 0.05) is 12.1 Å². The van der Waals surface area contributed by atoms with Gasteiger partial charge in [0.05, 0.1) is 23.6 Å². The molecule has 0 aliphatic heterocycles. The third-order valence-electron chi connectivity index (χ3n) is 3.88. The SMILES string of the molecule is CN(Cc1nc2ccccc2c(=O)[nH]1)C[C@@H](O)c1cc(F)ccc1F. The smallest absolute Gasteiger partial charge is 0.258 e. The summed E-state index contributed by atoms with van der Waals surface area (Å²) in [6, 6.07) is 9.93. The molecule has 0 bridgehead atoms. The fourth-order valence-corrected chi connectivity index (χ4v) is 2.69. The van der Waals surface area contributed by atoms with Crippen molar-refractivity contribution >= 4 is 10.9 Å². The molecule has 1 heterocycles. The molecule has 0 spiro atoms. The van der Waals surface area contributed by atoms with Crippen molar-refractivity contribution in [2.75, 3.05) is 13.6 Å². The fourth-order valence-electron chi connectivity index (χ4n) is 2.69. The third kappa shape index (κ3) is 3.89. The van der Waals surface area contributed by atoms with Gasteiger partial charge in [-0.25, -0.2) is 13.8 Å². The molecule has 0 saturated heterocycles. The molecule has 0 aliphatic carbocycles. The Bertz CT molecular complexity index is 958. The van der Waals surface area contributed by atoms with Crippen LogP contribution in [0.4, 0.5) is 8.78 Å². The number of nitrogens with zero attached hydrogens (tertiary/aromatic N) is 2. The molecule has 0 saturated carbocycles. The van der Waals surface area contributed by atoms with E-state index in [1.807, 2.05) is 0 Å². The number of rotatable bonds is 5. The van der Waals surface area contributed by atoms with E-state index in [9.17, 15) is 18.7 Å².